The molecule has 0 heterocycles. The van der Waals surface area contributed by atoms with Crippen molar-refractivity contribution in [2.75, 3.05) is 11.9 Å². The van der Waals surface area contributed by atoms with Gasteiger partial charge >= 0.3 is 0 Å². The molecular weight excluding hydrogens is 324 g/mol. The molecule has 1 atom stereocenters. The maximum Gasteiger partial charge on any atom is 0.227 e. The number of carbonyl (C=O) groups excluding carboxylic acids is 1. The molecule has 5 nitrogen and oxygen atoms in total. The molecule has 0 aromatic heterocycles. The summed E-state index contributed by atoms with van der Waals surface area (Å²) in [4.78, 5) is 16.4. The first-order chi connectivity index (χ1) is 12.6. The van der Waals surface area contributed by atoms with Crippen LogP contribution < -0.4 is 16.4 Å². The predicted molar refractivity (Wildman–Crippen MR) is 108 cm³/mol. The number of benzene rings is 2. The first kappa shape index (κ1) is 19.5. The molecule has 0 aliphatic rings. The van der Waals surface area contributed by atoms with Crippen molar-refractivity contribution in [1.29, 1.82) is 0 Å². The summed E-state index contributed by atoms with van der Waals surface area (Å²) in [5.41, 5.74) is 8.98. The van der Waals surface area contributed by atoms with Crippen LogP contribution in [0.1, 0.15) is 31.4 Å². The summed E-state index contributed by atoms with van der Waals surface area (Å²) in [6.45, 7) is 5.13. The Kier molecular flexibility index (Phi) is 7.68. The predicted octanol–water partition coefficient (Wildman–Crippen LogP) is 3.32. The van der Waals surface area contributed by atoms with Crippen LogP contribution in [0.25, 0.3) is 0 Å². The van der Waals surface area contributed by atoms with Gasteiger partial charge in [0, 0.05) is 18.2 Å². The molecule has 5 heteroatoms. The Morgan fingerprint density at radius 3 is 2.58 bits per heavy atom. The van der Waals surface area contributed by atoms with Crippen molar-refractivity contribution < 1.29 is 4.79 Å². The van der Waals surface area contributed by atoms with E-state index in [1.807, 2.05) is 56.3 Å². The quantitative estimate of drug-likeness (QED) is 0.504. The highest BCUT2D eigenvalue weighted by molar-refractivity contribution is 5.92. The number of anilines is 1. The van der Waals surface area contributed by atoms with Gasteiger partial charge in [-0.2, -0.15) is 0 Å². The molecule has 0 spiro atoms. The summed E-state index contributed by atoms with van der Waals surface area (Å²) >= 11 is 0. The molecule has 0 saturated heterocycles. The van der Waals surface area contributed by atoms with Gasteiger partial charge in [0.2, 0.25) is 5.91 Å². The second-order valence-corrected chi connectivity index (χ2v) is 6.36. The van der Waals surface area contributed by atoms with Gasteiger partial charge in [-0.3, -0.25) is 4.79 Å². The van der Waals surface area contributed by atoms with E-state index in [-0.39, 0.29) is 11.8 Å². The topological polar surface area (TPSA) is 79.5 Å². The zero-order chi connectivity index (χ0) is 18.8. The molecule has 2 aromatic carbocycles. The van der Waals surface area contributed by atoms with Crippen LogP contribution in [0.3, 0.4) is 0 Å². The number of rotatable bonds is 8. The number of nitrogens with zero attached hydrogens (tertiary/aromatic N) is 1. The van der Waals surface area contributed by atoms with E-state index in [1.165, 1.54) is 5.56 Å². The average Bonchev–Trinajstić information content (AvgIpc) is 2.67. The lowest BCUT2D eigenvalue weighted by Gasteiger charge is -2.11. The number of carbonyl (C=O) groups is 1. The lowest BCUT2D eigenvalue weighted by atomic mass is 10.1. The summed E-state index contributed by atoms with van der Waals surface area (Å²) in [6.07, 6.45) is 1.72. The van der Waals surface area contributed by atoms with Crippen molar-refractivity contribution in [2.24, 2.45) is 16.6 Å². The zero-order valence-corrected chi connectivity index (χ0v) is 15.5. The monoisotopic (exact) mass is 352 g/mol. The van der Waals surface area contributed by atoms with Gasteiger partial charge < -0.3 is 16.4 Å². The fourth-order valence-corrected chi connectivity index (χ4v) is 2.41. The summed E-state index contributed by atoms with van der Waals surface area (Å²) in [6, 6.07) is 17.9. The Morgan fingerprint density at radius 2 is 1.85 bits per heavy atom. The molecule has 0 fully saturated rings. The molecular formula is C21H28N4O. The largest absolute Gasteiger partial charge is 0.370 e. The van der Waals surface area contributed by atoms with Crippen LogP contribution in [0.15, 0.2) is 59.6 Å². The van der Waals surface area contributed by atoms with E-state index in [0.29, 0.717) is 12.5 Å². The minimum absolute atomic E-state index is 0.00105. The number of nitrogens with two attached hydrogens (primary N) is 1. The summed E-state index contributed by atoms with van der Waals surface area (Å²) in [7, 11) is 0. The Balaban J connectivity index is 1.82. The maximum atomic E-state index is 12.0. The number of guanidine groups is 1. The molecule has 2 aromatic rings. The standard InChI is InChI=1S/C21H28N4O/c1-3-16(2)20(26)25-19-11-7-10-18(14-19)15-24-21(22)23-13-12-17-8-5-4-6-9-17/h4-11,14,16H,3,12-13,15H2,1-2H3,(H,25,26)(H3,22,23,24). The number of amides is 1. The molecule has 0 bridgehead atoms. The smallest absolute Gasteiger partial charge is 0.227 e. The molecule has 138 valence electrons. The number of aliphatic imine (C=N–C) groups is 1. The Hall–Kier alpha value is -2.82. The molecule has 4 N–H and O–H groups in total. The fraction of sp³-hybridized carbons (Fsp3) is 0.333. The zero-order valence-electron chi connectivity index (χ0n) is 15.5. The van der Waals surface area contributed by atoms with E-state index in [4.69, 9.17) is 5.73 Å². The third-order valence-electron chi connectivity index (χ3n) is 4.25. The first-order valence-electron chi connectivity index (χ1n) is 9.06. The van der Waals surface area contributed by atoms with Gasteiger partial charge in [-0.05, 0) is 36.1 Å². The first-order valence-corrected chi connectivity index (χ1v) is 9.06. The van der Waals surface area contributed by atoms with Gasteiger partial charge in [-0.25, -0.2) is 4.99 Å². The second kappa shape index (κ2) is 10.2. The fourth-order valence-electron chi connectivity index (χ4n) is 2.41. The number of nitrogens with one attached hydrogen (secondary N) is 2. The van der Waals surface area contributed by atoms with Crippen molar-refractivity contribution in [3.8, 4) is 0 Å². The van der Waals surface area contributed by atoms with E-state index in [2.05, 4.69) is 27.8 Å². The maximum absolute atomic E-state index is 12.0. The van der Waals surface area contributed by atoms with Gasteiger partial charge in [-0.15, -0.1) is 0 Å². The Morgan fingerprint density at radius 1 is 1.12 bits per heavy atom. The van der Waals surface area contributed by atoms with Gasteiger partial charge in [0.05, 0.1) is 6.54 Å². The van der Waals surface area contributed by atoms with Gasteiger partial charge in [-0.1, -0.05) is 56.3 Å². The molecule has 0 aliphatic carbocycles. The molecule has 0 saturated carbocycles. The van der Waals surface area contributed by atoms with Gasteiger partial charge in [0.1, 0.15) is 0 Å². The Bertz CT molecular complexity index is 728. The van der Waals surface area contributed by atoms with E-state index in [1.54, 1.807) is 0 Å². The van der Waals surface area contributed by atoms with Crippen LogP contribution in [0, 0.1) is 5.92 Å². The summed E-state index contributed by atoms with van der Waals surface area (Å²) < 4.78 is 0. The van der Waals surface area contributed by atoms with Crippen molar-refractivity contribution in [2.45, 2.75) is 33.2 Å². The molecule has 0 radical (unpaired) electrons. The van der Waals surface area contributed by atoms with Crippen LogP contribution in [-0.4, -0.2) is 18.4 Å². The van der Waals surface area contributed by atoms with Crippen LogP contribution >= 0.6 is 0 Å². The van der Waals surface area contributed by atoms with Crippen molar-refractivity contribution in [1.82, 2.24) is 5.32 Å². The van der Waals surface area contributed by atoms with Crippen LogP contribution in [-0.2, 0) is 17.8 Å². The Labute approximate surface area is 155 Å². The van der Waals surface area contributed by atoms with Crippen LogP contribution in [0.4, 0.5) is 5.69 Å². The normalized spacial score (nSPS) is 12.5. The van der Waals surface area contributed by atoms with Crippen molar-refractivity contribution in [3.63, 3.8) is 0 Å². The third-order valence-corrected chi connectivity index (χ3v) is 4.25. The SMILES string of the molecule is CCC(C)C(=O)Nc1cccc(CN=C(N)NCCc2ccccc2)c1. The minimum atomic E-state index is 0.00105. The summed E-state index contributed by atoms with van der Waals surface area (Å²) in [5, 5.41) is 6.07. The lowest BCUT2D eigenvalue weighted by Crippen LogP contribution is -2.33. The highest BCUT2D eigenvalue weighted by Gasteiger charge is 2.10. The highest BCUT2D eigenvalue weighted by atomic mass is 16.1. The van der Waals surface area contributed by atoms with E-state index in [9.17, 15) is 4.79 Å². The molecule has 0 aliphatic heterocycles. The van der Waals surface area contributed by atoms with E-state index in [0.717, 1.165) is 30.6 Å². The lowest BCUT2D eigenvalue weighted by molar-refractivity contribution is -0.119. The average molecular weight is 352 g/mol. The molecule has 1 amide bonds. The van der Waals surface area contributed by atoms with Crippen molar-refractivity contribution in [3.05, 3.63) is 65.7 Å². The van der Waals surface area contributed by atoms with Gasteiger partial charge in [0.25, 0.3) is 0 Å². The molecule has 1 unspecified atom stereocenters. The van der Waals surface area contributed by atoms with E-state index < -0.39 is 0 Å². The highest BCUT2D eigenvalue weighted by Crippen LogP contribution is 2.13. The number of hydrogen-bond acceptors (Lipinski definition) is 2. The molecule has 2 rings (SSSR count). The minimum Gasteiger partial charge on any atom is -0.370 e. The number of hydrogen-bond donors (Lipinski definition) is 3. The second-order valence-electron chi connectivity index (χ2n) is 6.36. The molecule has 26 heavy (non-hydrogen) atoms. The van der Waals surface area contributed by atoms with Crippen LogP contribution in [0.5, 0.6) is 0 Å². The van der Waals surface area contributed by atoms with Crippen LogP contribution in [0.2, 0.25) is 0 Å². The summed E-state index contributed by atoms with van der Waals surface area (Å²) in [5.74, 6) is 0.464. The third kappa shape index (κ3) is 6.59. The van der Waals surface area contributed by atoms with Gasteiger partial charge in [0.15, 0.2) is 5.96 Å². The van der Waals surface area contributed by atoms with Crippen molar-refractivity contribution >= 4 is 17.6 Å². The van der Waals surface area contributed by atoms with E-state index >= 15 is 0 Å².